The van der Waals surface area contributed by atoms with Crippen LogP contribution in [-0.4, -0.2) is 24.1 Å². The third-order valence-electron chi connectivity index (χ3n) is 13.7. The van der Waals surface area contributed by atoms with Crippen molar-refractivity contribution in [1.82, 2.24) is 24.1 Å². The van der Waals surface area contributed by atoms with E-state index >= 15 is 0 Å². The van der Waals surface area contributed by atoms with Gasteiger partial charge in [0, 0.05) is 43.8 Å². The van der Waals surface area contributed by atoms with Crippen LogP contribution in [-0.2, 0) is 0 Å². The largest absolute Gasteiger partial charge is 0.309 e. The van der Waals surface area contributed by atoms with Crippen LogP contribution in [0.25, 0.3) is 133 Å². The van der Waals surface area contributed by atoms with Crippen molar-refractivity contribution in [2.45, 2.75) is 0 Å². The lowest BCUT2D eigenvalue weighted by Gasteiger charge is -2.22. The molecule has 0 fully saturated rings. The molecule has 0 amide bonds. The van der Waals surface area contributed by atoms with E-state index in [0.29, 0.717) is 17.5 Å². The second kappa shape index (κ2) is 15.2. The van der Waals surface area contributed by atoms with Crippen LogP contribution in [0.3, 0.4) is 0 Å². The van der Waals surface area contributed by atoms with E-state index in [1.54, 1.807) is 0 Å². The van der Waals surface area contributed by atoms with Gasteiger partial charge in [0.15, 0.2) is 17.5 Å². The van der Waals surface area contributed by atoms with Crippen molar-refractivity contribution < 1.29 is 0 Å². The van der Waals surface area contributed by atoms with Crippen molar-refractivity contribution in [3.63, 3.8) is 0 Å². The van der Waals surface area contributed by atoms with Crippen LogP contribution in [0.5, 0.6) is 0 Å². The van der Waals surface area contributed by atoms with Gasteiger partial charge >= 0.3 is 0 Å². The van der Waals surface area contributed by atoms with E-state index in [1.165, 1.54) is 48.5 Å². The molecule has 0 atom stereocenters. The molecule has 0 spiro atoms. The zero-order valence-corrected chi connectivity index (χ0v) is 36.8. The van der Waals surface area contributed by atoms with E-state index in [9.17, 15) is 0 Å². The molecule has 0 unspecified atom stereocenters. The standard InChI is InChI=1S/C63H39N5/c1-3-19-40(20-4-1)60-58(67-54-31-15-11-27-49(54)50-28-12-16-32-55(50)67)38-43(39-59(60)68-56-33-17-13-29-51(56)52-30-14-18-34-57(52)68)63-65-61(41-21-5-2-6-22-41)64-62(66-63)42-35-36-48-46-25-8-7-23-44(46)45-24-9-10-26-47(45)53(48)37-42/h1-39H. The van der Waals surface area contributed by atoms with Crippen LogP contribution in [0.15, 0.2) is 237 Å². The number of hydrogen-bond acceptors (Lipinski definition) is 3. The van der Waals surface area contributed by atoms with Gasteiger partial charge in [-0.1, -0.05) is 194 Å². The monoisotopic (exact) mass is 865 g/mol. The second-order valence-electron chi connectivity index (χ2n) is 17.5. The number of nitrogens with zero attached hydrogens (tertiary/aromatic N) is 5. The highest BCUT2D eigenvalue weighted by Gasteiger charge is 2.25. The molecule has 0 saturated carbocycles. The van der Waals surface area contributed by atoms with Gasteiger partial charge in [0.05, 0.1) is 33.4 Å². The van der Waals surface area contributed by atoms with E-state index in [2.05, 4.69) is 228 Å². The van der Waals surface area contributed by atoms with Gasteiger partial charge in [0.1, 0.15) is 0 Å². The zero-order valence-electron chi connectivity index (χ0n) is 36.8. The number of fused-ring (bicyclic) bond motifs is 12. The van der Waals surface area contributed by atoms with Crippen molar-refractivity contribution in [1.29, 1.82) is 0 Å². The van der Waals surface area contributed by atoms with Crippen molar-refractivity contribution in [3.8, 4) is 56.7 Å². The first-order valence-electron chi connectivity index (χ1n) is 23.1. The van der Waals surface area contributed by atoms with Gasteiger partial charge in [-0.05, 0) is 80.3 Å². The summed E-state index contributed by atoms with van der Waals surface area (Å²) < 4.78 is 4.87. The summed E-state index contributed by atoms with van der Waals surface area (Å²) in [7, 11) is 0. The Hall–Kier alpha value is -9.19. The van der Waals surface area contributed by atoms with Crippen molar-refractivity contribution in [2.24, 2.45) is 0 Å². The molecule has 0 aliphatic carbocycles. The Bertz CT molecular complexity index is 4040. The summed E-state index contributed by atoms with van der Waals surface area (Å²) in [5.41, 5.74) is 11.4. The predicted molar refractivity (Wildman–Crippen MR) is 283 cm³/mol. The average Bonchev–Trinajstić information content (AvgIpc) is 3.94. The van der Waals surface area contributed by atoms with Gasteiger partial charge in [0.2, 0.25) is 0 Å². The first-order chi connectivity index (χ1) is 33.7. The fourth-order valence-corrected chi connectivity index (χ4v) is 10.8. The smallest absolute Gasteiger partial charge is 0.164 e. The highest BCUT2D eigenvalue weighted by atomic mass is 15.1. The van der Waals surface area contributed by atoms with E-state index in [-0.39, 0.29) is 0 Å². The van der Waals surface area contributed by atoms with Gasteiger partial charge in [-0.25, -0.2) is 15.0 Å². The van der Waals surface area contributed by atoms with Crippen LogP contribution >= 0.6 is 0 Å². The maximum atomic E-state index is 5.50. The molecule has 0 N–H and O–H groups in total. The SMILES string of the molecule is c1ccc(-c2nc(-c3cc(-n4c5ccccc5c5ccccc54)c(-c4ccccc4)c(-n4c5ccccc5c5ccccc54)c3)nc(-c3ccc4c5ccccc5c5ccccc5c4c3)n2)cc1. The Morgan fingerprint density at radius 1 is 0.221 bits per heavy atom. The van der Waals surface area contributed by atoms with Gasteiger partial charge in [-0.15, -0.1) is 0 Å². The van der Waals surface area contributed by atoms with E-state index in [0.717, 1.165) is 66.6 Å². The molecule has 0 saturated heterocycles. The van der Waals surface area contributed by atoms with Crippen molar-refractivity contribution >= 4 is 75.9 Å². The normalized spacial score (nSPS) is 11.8. The van der Waals surface area contributed by atoms with Gasteiger partial charge < -0.3 is 9.13 Å². The van der Waals surface area contributed by atoms with E-state index in [1.807, 2.05) is 18.2 Å². The number of aromatic nitrogens is 5. The first kappa shape index (κ1) is 38.1. The summed E-state index contributed by atoms with van der Waals surface area (Å²) in [6, 6.07) is 84.7. The molecule has 0 aliphatic heterocycles. The fraction of sp³-hybridized carbons (Fsp3) is 0. The highest BCUT2D eigenvalue weighted by Crippen LogP contribution is 2.45. The molecule has 68 heavy (non-hydrogen) atoms. The number of rotatable bonds is 6. The lowest BCUT2D eigenvalue weighted by molar-refractivity contribution is 1.07. The molecular weight excluding hydrogens is 827 g/mol. The molecular formula is C63H39N5. The molecule has 5 nitrogen and oxygen atoms in total. The topological polar surface area (TPSA) is 48.5 Å². The van der Waals surface area contributed by atoms with Crippen LogP contribution in [0.1, 0.15) is 0 Å². The van der Waals surface area contributed by atoms with Crippen LogP contribution < -0.4 is 0 Å². The third kappa shape index (κ3) is 5.86. The van der Waals surface area contributed by atoms with Gasteiger partial charge in [-0.3, -0.25) is 0 Å². The summed E-state index contributed by atoms with van der Waals surface area (Å²) in [4.78, 5) is 16.2. The number of hydrogen-bond donors (Lipinski definition) is 0. The molecule has 3 heterocycles. The predicted octanol–water partition coefficient (Wildman–Crippen LogP) is 16.2. The quantitative estimate of drug-likeness (QED) is 0.156. The first-order valence-corrected chi connectivity index (χ1v) is 23.1. The van der Waals surface area contributed by atoms with E-state index in [4.69, 9.17) is 15.0 Å². The molecule has 5 heteroatoms. The molecule has 3 aromatic heterocycles. The molecule has 0 radical (unpaired) electrons. The number of benzene rings is 11. The summed E-state index contributed by atoms with van der Waals surface area (Å²) in [6.45, 7) is 0. The average molecular weight is 866 g/mol. The minimum Gasteiger partial charge on any atom is -0.309 e. The summed E-state index contributed by atoms with van der Waals surface area (Å²) in [5.74, 6) is 1.80. The Kier molecular flexibility index (Phi) is 8.52. The zero-order chi connectivity index (χ0) is 44.7. The second-order valence-corrected chi connectivity index (χ2v) is 17.5. The Balaban J connectivity index is 1.12. The lowest BCUT2D eigenvalue weighted by Crippen LogP contribution is -2.06. The van der Waals surface area contributed by atoms with Gasteiger partial charge in [-0.2, -0.15) is 0 Å². The molecule has 0 aliphatic rings. The molecule has 11 aromatic carbocycles. The minimum absolute atomic E-state index is 0.584. The van der Waals surface area contributed by atoms with Crippen LogP contribution in [0.4, 0.5) is 0 Å². The van der Waals surface area contributed by atoms with E-state index < -0.39 is 0 Å². The van der Waals surface area contributed by atoms with Crippen LogP contribution in [0, 0.1) is 0 Å². The molecule has 0 bridgehead atoms. The Labute approximate surface area is 391 Å². The maximum absolute atomic E-state index is 5.50. The van der Waals surface area contributed by atoms with Crippen molar-refractivity contribution in [3.05, 3.63) is 237 Å². The molecule has 14 rings (SSSR count). The summed E-state index contributed by atoms with van der Waals surface area (Å²) in [5, 5.41) is 12.0. The molecule has 14 aromatic rings. The summed E-state index contributed by atoms with van der Waals surface area (Å²) in [6.07, 6.45) is 0. The molecule has 316 valence electrons. The summed E-state index contributed by atoms with van der Waals surface area (Å²) >= 11 is 0. The Morgan fingerprint density at radius 2 is 0.544 bits per heavy atom. The van der Waals surface area contributed by atoms with Crippen LogP contribution in [0.2, 0.25) is 0 Å². The lowest BCUT2D eigenvalue weighted by atomic mass is 9.93. The number of para-hydroxylation sites is 4. The minimum atomic E-state index is 0.584. The fourth-order valence-electron chi connectivity index (χ4n) is 10.8. The van der Waals surface area contributed by atoms with Crippen molar-refractivity contribution in [2.75, 3.05) is 0 Å². The Morgan fingerprint density at radius 3 is 0.985 bits per heavy atom. The third-order valence-corrected chi connectivity index (χ3v) is 13.7. The highest BCUT2D eigenvalue weighted by molar-refractivity contribution is 6.25. The maximum Gasteiger partial charge on any atom is 0.164 e. The van der Waals surface area contributed by atoms with Gasteiger partial charge in [0.25, 0.3) is 0 Å².